The Bertz CT molecular complexity index is 1100. The molecule has 20 heteroatoms. The molecule has 1 N–H and O–H groups in total. The molecule has 274 valence electrons. The number of alkyl halides is 12. The number of esters is 3. The summed E-state index contributed by atoms with van der Waals surface area (Å²) in [6.07, 6.45) is -37.5. The van der Waals surface area contributed by atoms with Gasteiger partial charge in [0.1, 0.15) is 11.4 Å². The molecule has 1 saturated carbocycles. The van der Waals surface area contributed by atoms with Crippen molar-refractivity contribution in [1.82, 2.24) is 0 Å². The van der Waals surface area contributed by atoms with E-state index < -0.39 is 114 Å². The minimum Gasteiger partial charge on any atom is -0.459 e. The highest BCUT2D eigenvalue weighted by molar-refractivity contribution is 5.91. The number of ketones is 1. The number of carbonyl (C=O) groups excluding carboxylic acids is 4. The van der Waals surface area contributed by atoms with E-state index in [1.165, 1.54) is 41.5 Å². The highest BCUT2D eigenvalue weighted by Crippen LogP contribution is 2.45. The van der Waals surface area contributed by atoms with E-state index in [2.05, 4.69) is 9.47 Å². The van der Waals surface area contributed by atoms with Gasteiger partial charge in [0.2, 0.25) is 0 Å². The van der Waals surface area contributed by atoms with Crippen molar-refractivity contribution in [3.8, 4) is 0 Å². The Morgan fingerprint density at radius 3 is 1.23 bits per heavy atom. The number of carbonyl (C=O) groups is 4. The molecule has 0 heterocycles. The smallest absolute Gasteiger partial charge is 0.434 e. The molecule has 0 spiro atoms. The van der Waals surface area contributed by atoms with Crippen molar-refractivity contribution in [3.63, 3.8) is 0 Å². The Balaban J connectivity index is 3.73. The second-order valence-electron chi connectivity index (χ2n) is 12.7. The van der Waals surface area contributed by atoms with E-state index in [1.807, 2.05) is 0 Å². The van der Waals surface area contributed by atoms with Crippen molar-refractivity contribution < 1.29 is 91.2 Å². The van der Waals surface area contributed by atoms with Crippen LogP contribution < -0.4 is 0 Å². The lowest BCUT2D eigenvalue weighted by Gasteiger charge is -2.40. The number of rotatable bonds is 11. The first-order chi connectivity index (χ1) is 20.7. The average Bonchev–Trinajstić information content (AvgIpc) is 2.84. The average molecular weight is 715 g/mol. The van der Waals surface area contributed by atoms with E-state index in [-0.39, 0.29) is 12.8 Å². The zero-order valence-electron chi connectivity index (χ0n) is 25.7. The Morgan fingerprint density at radius 2 is 0.915 bits per heavy atom. The predicted octanol–water partition coefficient (Wildman–Crippen LogP) is 6.42. The third kappa shape index (κ3) is 12.3. The summed E-state index contributed by atoms with van der Waals surface area (Å²) in [5, 5.41) is 9.98. The number of hydrogen-bond acceptors (Lipinski definition) is 8. The Morgan fingerprint density at radius 1 is 0.596 bits per heavy atom. The van der Waals surface area contributed by atoms with Crippen molar-refractivity contribution in [2.24, 2.45) is 29.6 Å². The molecule has 0 aromatic carbocycles. The number of Topliss-reactive ketones (excluding diaryl/α,β-unsaturated/α-hetero) is 1. The molecule has 0 saturated heterocycles. The third-order valence-corrected chi connectivity index (χ3v) is 7.20. The van der Waals surface area contributed by atoms with Crippen LogP contribution >= 0.6 is 0 Å². The van der Waals surface area contributed by atoms with Gasteiger partial charge in [0.05, 0.1) is 23.4 Å². The van der Waals surface area contributed by atoms with Crippen LogP contribution in [0.15, 0.2) is 0 Å². The molecule has 8 nitrogen and oxygen atoms in total. The fraction of sp³-hybridized carbons (Fsp3) is 0.852. The molecule has 0 amide bonds. The second kappa shape index (κ2) is 14.4. The lowest BCUT2D eigenvalue weighted by Crippen LogP contribution is -2.52. The highest BCUT2D eigenvalue weighted by Gasteiger charge is 2.63. The van der Waals surface area contributed by atoms with Gasteiger partial charge in [-0.15, -0.1) is 0 Å². The molecule has 1 aliphatic carbocycles. The largest absolute Gasteiger partial charge is 0.459 e. The van der Waals surface area contributed by atoms with E-state index >= 15 is 0 Å². The molecule has 1 fully saturated rings. The molecule has 0 radical (unpaired) electrons. The minimum absolute atomic E-state index is 0.0375. The first kappa shape index (κ1) is 42.2. The molecular formula is C27H34F12O8. The summed E-state index contributed by atoms with van der Waals surface area (Å²) < 4.78 is 171. The number of hydrogen-bond donors (Lipinski definition) is 1. The number of halogens is 12. The van der Waals surface area contributed by atoms with Gasteiger partial charge >= 0.3 is 42.6 Å². The normalized spacial score (nSPS) is 22.0. The fourth-order valence-electron chi connectivity index (χ4n) is 4.78. The Kier molecular flexibility index (Phi) is 12.9. The van der Waals surface area contributed by atoms with Crippen molar-refractivity contribution >= 4 is 23.7 Å². The van der Waals surface area contributed by atoms with Gasteiger partial charge in [-0.25, -0.2) is 0 Å². The quantitative estimate of drug-likeness (QED) is 0.148. The molecule has 0 aromatic heterocycles. The van der Waals surface area contributed by atoms with Gasteiger partial charge < -0.3 is 19.3 Å². The molecule has 47 heavy (non-hydrogen) atoms. The molecular weight excluding hydrogens is 680 g/mol. The van der Waals surface area contributed by atoms with Crippen LogP contribution in [0.25, 0.3) is 0 Å². The molecule has 0 bridgehead atoms. The van der Waals surface area contributed by atoms with Crippen LogP contribution in [0.5, 0.6) is 0 Å². The van der Waals surface area contributed by atoms with E-state index in [1.54, 1.807) is 0 Å². The zero-order valence-corrected chi connectivity index (χ0v) is 25.7. The maximum absolute atomic E-state index is 13.3. The third-order valence-electron chi connectivity index (χ3n) is 7.20. The maximum Gasteiger partial charge on any atom is 0.434 e. The van der Waals surface area contributed by atoms with Gasteiger partial charge in [-0.2, -0.15) is 52.7 Å². The van der Waals surface area contributed by atoms with Gasteiger partial charge in [-0.3, -0.25) is 19.2 Å². The summed E-state index contributed by atoms with van der Waals surface area (Å²) in [7, 11) is 0. The minimum atomic E-state index is -6.28. The number of ether oxygens (including phenoxy) is 3. The van der Waals surface area contributed by atoms with Gasteiger partial charge in [0, 0.05) is 11.8 Å². The van der Waals surface area contributed by atoms with Crippen LogP contribution in [0.1, 0.15) is 67.2 Å². The topological polar surface area (TPSA) is 116 Å². The van der Waals surface area contributed by atoms with E-state index in [9.17, 15) is 77.0 Å². The Hall–Kier alpha value is -2.80. The van der Waals surface area contributed by atoms with Crippen molar-refractivity contribution in [3.05, 3.63) is 0 Å². The van der Waals surface area contributed by atoms with Crippen molar-refractivity contribution in [2.75, 3.05) is 0 Å². The lowest BCUT2D eigenvalue weighted by molar-refractivity contribution is -0.315. The summed E-state index contributed by atoms with van der Waals surface area (Å²) in [6.45, 7) is 7.62. The van der Waals surface area contributed by atoms with Crippen LogP contribution in [0.3, 0.4) is 0 Å². The maximum atomic E-state index is 13.3. The summed E-state index contributed by atoms with van der Waals surface area (Å²) in [5.74, 6) is -17.9. The summed E-state index contributed by atoms with van der Waals surface area (Å²) in [6, 6.07) is 0. The predicted molar refractivity (Wildman–Crippen MR) is 133 cm³/mol. The second-order valence-corrected chi connectivity index (χ2v) is 12.7. The van der Waals surface area contributed by atoms with Crippen LogP contribution in [0.2, 0.25) is 0 Å². The van der Waals surface area contributed by atoms with Crippen LogP contribution in [0.4, 0.5) is 52.7 Å². The summed E-state index contributed by atoms with van der Waals surface area (Å²) in [5.41, 5.74) is -2.87. The molecule has 1 aliphatic rings. The first-order valence-electron chi connectivity index (χ1n) is 13.9. The summed E-state index contributed by atoms with van der Waals surface area (Å²) in [4.78, 5) is 52.1. The SMILES string of the molecule is CC(C)C(=O)C1CC(C(=O)OC(C)(C)CCC(C)(C)O)C(C(=O)OC(C(F)(F)F)C(F)(F)F)CC1C(=O)OC(C(F)(F)F)C(F)(F)F. The number of aliphatic hydroxyl groups is 1. The van der Waals surface area contributed by atoms with Crippen molar-refractivity contribution in [1.29, 1.82) is 0 Å². The monoisotopic (exact) mass is 714 g/mol. The molecule has 4 atom stereocenters. The molecule has 1 rings (SSSR count). The van der Waals surface area contributed by atoms with E-state index in [4.69, 9.17) is 4.74 Å². The van der Waals surface area contributed by atoms with Gasteiger partial charge in [0.15, 0.2) is 0 Å². The van der Waals surface area contributed by atoms with Crippen LogP contribution in [-0.4, -0.2) is 76.9 Å². The Labute approximate surface area is 260 Å². The van der Waals surface area contributed by atoms with Gasteiger partial charge in [0.25, 0.3) is 12.2 Å². The summed E-state index contributed by atoms with van der Waals surface area (Å²) >= 11 is 0. The van der Waals surface area contributed by atoms with Gasteiger partial charge in [-0.1, -0.05) is 13.8 Å². The zero-order chi connectivity index (χ0) is 37.3. The van der Waals surface area contributed by atoms with Crippen molar-refractivity contribution in [2.45, 2.75) is 115 Å². The van der Waals surface area contributed by atoms with Gasteiger partial charge in [-0.05, 0) is 53.4 Å². The van der Waals surface area contributed by atoms with E-state index in [0.717, 1.165) is 0 Å². The standard InChI is InChI=1S/C27H34F12O8/c1-11(2)16(40)12-9-15(19(43)47-23(5,6)8-7-22(3,4)44)14(18(42)46-21(26(34,35)36)27(37,38)39)10-13(12)17(41)45-20(24(28,29)30)25(31,32)33/h11-15,20-21,44H,7-10H2,1-6H3. The molecule has 0 aromatic rings. The van der Waals surface area contributed by atoms with Crippen LogP contribution in [-0.2, 0) is 33.4 Å². The first-order valence-corrected chi connectivity index (χ1v) is 13.9. The van der Waals surface area contributed by atoms with E-state index in [0.29, 0.717) is 0 Å². The lowest BCUT2D eigenvalue weighted by atomic mass is 9.65. The van der Waals surface area contributed by atoms with Crippen LogP contribution in [0, 0.1) is 29.6 Å². The molecule has 0 aliphatic heterocycles. The molecule has 4 unspecified atom stereocenters. The fourth-order valence-corrected chi connectivity index (χ4v) is 4.78. The highest BCUT2D eigenvalue weighted by atomic mass is 19.4.